The number of methoxy groups -OCH3 is 1. The van der Waals surface area contributed by atoms with E-state index < -0.39 is 11.9 Å². The Hall–Kier alpha value is -2.86. The first-order chi connectivity index (χ1) is 12.1. The quantitative estimate of drug-likeness (QED) is 0.904. The van der Waals surface area contributed by atoms with Crippen molar-refractivity contribution < 1.29 is 19.1 Å². The summed E-state index contributed by atoms with van der Waals surface area (Å²) in [4.78, 5) is 25.8. The number of carbonyl (C=O) groups excluding carboxylic acids is 2. The molecule has 0 aromatic heterocycles. The van der Waals surface area contributed by atoms with Crippen molar-refractivity contribution in [2.24, 2.45) is 5.73 Å². The summed E-state index contributed by atoms with van der Waals surface area (Å²) in [5, 5.41) is 0. The normalized spacial score (nSPS) is 19.6. The van der Waals surface area contributed by atoms with Gasteiger partial charge in [-0.2, -0.15) is 0 Å². The first kappa shape index (κ1) is 17.0. The van der Waals surface area contributed by atoms with Crippen molar-refractivity contribution in [2.75, 3.05) is 13.7 Å². The molecule has 130 valence electrons. The van der Waals surface area contributed by atoms with Crippen molar-refractivity contribution in [3.63, 3.8) is 0 Å². The fourth-order valence-corrected chi connectivity index (χ4v) is 2.92. The Bertz CT molecular complexity index is 746. The van der Waals surface area contributed by atoms with Crippen LogP contribution in [0.1, 0.15) is 16.8 Å². The second kappa shape index (κ2) is 7.36. The average Bonchev–Trinajstić information content (AvgIpc) is 3.07. The number of nitrogens with zero attached hydrogens (tertiary/aromatic N) is 1. The molecular weight excluding hydrogens is 320 g/mol. The van der Waals surface area contributed by atoms with Crippen LogP contribution >= 0.6 is 0 Å². The third-order valence-electron chi connectivity index (χ3n) is 4.27. The van der Waals surface area contributed by atoms with Crippen molar-refractivity contribution in [3.8, 4) is 11.5 Å². The van der Waals surface area contributed by atoms with E-state index in [2.05, 4.69) is 0 Å². The smallest absolute Gasteiger partial charge is 0.254 e. The molecule has 2 N–H and O–H groups in total. The summed E-state index contributed by atoms with van der Waals surface area (Å²) in [5.41, 5.74) is 5.90. The molecule has 0 aliphatic carbocycles. The van der Waals surface area contributed by atoms with Gasteiger partial charge in [0.05, 0.1) is 6.10 Å². The van der Waals surface area contributed by atoms with E-state index >= 15 is 0 Å². The summed E-state index contributed by atoms with van der Waals surface area (Å²) in [5.74, 6) is 0.592. The Morgan fingerprint density at radius 1 is 1.04 bits per heavy atom. The maximum absolute atomic E-state index is 12.7. The lowest BCUT2D eigenvalue weighted by molar-refractivity contribution is -0.121. The number of rotatable bonds is 5. The van der Waals surface area contributed by atoms with Gasteiger partial charge in [0.15, 0.2) is 0 Å². The number of carbonyl (C=O) groups is 2. The Morgan fingerprint density at radius 3 is 2.28 bits per heavy atom. The summed E-state index contributed by atoms with van der Waals surface area (Å²) in [6, 6.07) is 15.6. The van der Waals surface area contributed by atoms with Crippen molar-refractivity contribution >= 4 is 11.8 Å². The van der Waals surface area contributed by atoms with Crippen LogP contribution in [0.4, 0.5) is 0 Å². The van der Waals surface area contributed by atoms with E-state index in [0.717, 1.165) is 5.75 Å². The zero-order valence-electron chi connectivity index (χ0n) is 13.9. The molecule has 1 fully saturated rings. The van der Waals surface area contributed by atoms with Crippen LogP contribution in [0.15, 0.2) is 54.6 Å². The third kappa shape index (κ3) is 3.80. The fraction of sp³-hybridized carbons (Fsp3) is 0.263. The minimum atomic E-state index is -0.641. The molecule has 1 heterocycles. The topological polar surface area (TPSA) is 81.9 Å². The molecule has 1 aliphatic heterocycles. The van der Waals surface area contributed by atoms with E-state index in [1.807, 2.05) is 30.3 Å². The van der Waals surface area contributed by atoms with Gasteiger partial charge in [-0.15, -0.1) is 0 Å². The summed E-state index contributed by atoms with van der Waals surface area (Å²) in [6.07, 6.45) is 0.245. The molecule has 25 heavy (non-hydrogen) atoms. The van der Waals surface area contributed by atoms with E-state index in [9.17, 15) is 9.59 Å². The Balaban J connectivity index is 1.73. The number of hydrogen-bond donors (Lipinski definition) is 1. The van der Waals surface area contributed by atoms with E-state index in [4.69, 9.17) is 15.2 Å². The van der Waals surface area contributed by atoms with Crippen molar-refractivity contribution in [1.29, 1.82) is 0 Å². The highest BCUT2D eigenvalue weighted by Gasteiger charge is 2.38. The predicted molar refractivity (Wildman–Crippen MR) is 92.4 cm³/mol. The largest absolute Gasteiger partial charge is 0.457 e. The molecule has 0 radical (unpaired) electrons. The molecule has 0 unspecified atom stereocenters. The maximum atomic E-state index is 12.7. The molecule has 2 atom stereocenters. The van der Waals surface area contributed by atoms with Gasteiger partial charge in [-0.1, -0.05) is 18.2 Å². The lowest BCUT2D eigenvalue weighted by Crippen LogP contribution is -2.43. The zero-order valence-corrected chi connectivity index (χ0v) is 13.9. The van der Waals surface area contributed by atoms with Gasteiger partial charge in [0.25, 0.3) is 5.91 Å². The fourth-order valence-electron chi connectivity index (χ4n) is 2.92. The second-order valence-electron chi connectivity index (χ2n) is 5.91. The minimum absolute atomic E-state index is 0.179. The molecule has 1 aliphatic rings. The standard InChI is InChI=1S/C19H20N2O4/c1-24-16-11-17(18(20)22)21(12-16)19(23)13-7-9-15(10-8-13)25-14-5-3-2-4-6-14/h2-10,16-17H,11-12H2,1H3,(H2,20,22)/t16-,17-/m0/s1. The van der Waals surface area contributed by atoms with E-state index in [-0.39, 0.29) is 12.0 Å². The molecule has 6 nitrogen and oxygen atoms in total. The van der Waals surface area contributed by atoms with Gasteiger partial charge in [0.2, 0.25) is 5.91 Å². The number of para-hydroxylation sites is 1. The van der Waals surface area contributed by atoms with Gasteiger partial charge in [0, 0.05) is 25.6 Å². The molecule has 3 rings (SSSR count). The first-order valence-electron chi connectivity index (χ1n) is 8.04. The Kier molecular flexibility index (Phi) is 5.00. The molecule has 2 amide bonds. The lowest BCUT2D eigenvalue weighted by atomic mass is 10.1. The van der Waals surface area contributed by atoms with Crippen LogP contribution in [-0.4, -0.2) is 42.5 Å². The zero-order chi connectivity index (χ0) is 17.8. The third-order valence-corrected chi connectivity index (χ3v) is 4.27. The highest BCUT2D eigenvalue weighted by Crippen LogP contribution is 2.25. The second-order valence-corrected chi connectivity index (χ2v) is 5.91. The molecule has 1 saturated heterocycles. The van der Waals surface area contributed by atoms with Gasteiger partial charge in [0.1, 0.15) is 17.5 Å². The van der Waals surface area contributed by atoms with Gasteiger partial charge in [-0.25, -0.2) is 0 Å². The first-order valence-corrected chi connectivity index (χ1v) is 8.04. The van der Waals surface area contributed by atoms with Crippen molar-refractivity contribution in [1.82, 2.24) is 4.90 Å². The molecular formula is C19H20N2O4. The van der Waals surface area contributed by atoms with Crippen LogP contribution in [0.2, 0.25) is 0 Å². The van der Waals surface area contributed by atoms with Crippen molar-refractivity contribution in [2.45, 2.75) is 18.6 Å². The molecule has 6 heteroatoms. The van der Waals surface area contributed by atoms with Gasteiger partial charge in [-0.05, 0) is 36.4 Å². The van der Waals surface area contributed by atoms with Crippen LogP contribution in [0, 0.1) is 0 Å². The van der Waals surface area contributed by atoms with Gasteiger partial charge >= 0.3 is 0 Å². The number of benzene rings is 2. The number of nitrogens with two attached hydrogens (primary N) is 1. The minimum Gasteiger partial charge on any atom is -0.457 e. The number of ether oxygens (including phenoxy) is 2. The molecule has 2 aromatic rings. The highest BCUT2D eigenvalue weighted by molar-refractivity contribution is 5.97. The Labute approximate surface area is 146 Å². The average molecular weight is 340 g/mol. The van der Waals surface area contributed by atoms with E-state index in [1.165, 1.54) is 4.90 Å². The van der Waals surface area contributed by atoms with Crippen molar-refractivity contribution in [3.05, 3.63) is 60.2 Å². The summed E-state index contributed by atoms with van der Waals surface area (Å²) < 4.78 is 11.0. The van der Waals surface area contributed by atoms with Gasteiger partial charge < -0.3 is 20.1 Å². The van der Waals surface area contributed by atoms with E-state index in [1.54, 1.807) is 31.4 Å². The predicted octanol–water partition coefficient (Wildman–Crippen LogP) is 2.19. The maximum Gasteiger partial charge on any atom is 0.254 e. The number of likely N-dealkylation sites (tertiary alicyclic amines) is 1. The molecule has 0 bridgehead atoms. The number of amides is 2. The highest BCUT2D eigenvalue weighted by atomic mass is 16.5. The summed E-state index contributed by atoms with van der Waals surface area (Å²) in [6.45, 7) is 0.352. The van der Waals surface area contributed by atoms with Gasteiger partial charge in [-0.3, -0.25) is 9.59 Å². The lowest BCUT2D eigenvalue weighted by Gasteiger charge is -2.22. The van der Waals surface area contributed by atoms with Crippen LogP contribution in [-0.2, 0) is 9.53 Å². The Morgan fingerprint density at radius 2 is 1.68 bits per heavy atom. The molecule has 0 saturated carbocycles. The number of primary amides is 1. The van der Waals surface area contributed by atoms with Crippen LogP contribution in [0.25, 0.3) is 0 Å². The van der Waals surface area contributed by atoms with Crippen LogP contribution in [0.3, 0.4) is 0 Å². The van der Waals surface area contributed by atoms with E-state index in [0.29, 0.717) is 24.3 Å². The molecule has 2 aromatic carbocycles. The monoisotopic (exact) mass is 340 g/mol. The molecule has 0 spiro atoms. The number of hydrogen-bond acceptors (Lipinski definition) is 4. The van der Waals surface area contributed by atoms with Crippen LogP contribution in [0.5, 0.6) is 11.5 Å². The summed E-state index contributed by atoms with van der Waals surface area (Å²) >= 11 is 0. The van der Waals surface area contributed by atoms with Crippen LogP contribution < -0.4 is 10.5 Å². The SMILES string of the molecule is CO[C@H]1C[C@@H](C(N)=O)N(C(=O)c2ccc(Oc3ccccc3)cc2)C1. The summed E-state index contributed by atoms with van der Waals surface area (Å²) in [7, 11) is 1.56.